The third-order valence-corrected chi connectivity index (χ3v) is 1.97. The minimum atomic E-state index is 0.0631. The van der Waals surface area contributed by atoms with Gasteiger partial charge < -0.3 is 0 Å². The summed E-state index contributed by atoms with van der Waals surface area (Å²) in [7, 11) is 0. The first-order chi connectivity index (χ1) is 6.16. The van der Waals surface area contributed by atoms with Crippen molar-refractivity contribution < 1.29 is 0 Å². The molecule has 0 saturated carbocycles. The summed E-state index contributed by atoms with van der Waals surface area (Å²) in [4.78, 5) is 11.6. The summed E-state index contributed by atoms with van der Waals surface area (Å²) in [6.45, 7) is 6.61. The monoisotopic (exact) mass is 180 g/mol. The molecule has 1 aromatic rings. The molecular formula is C10H16N2O. The number of allylic oxidation sites excluding steroid dienone is 2. The van der Waals surface area contributed by atoms with Crippen molar-refractivity contribution in [2.45, 2.75) is 33.4 Å². The molecule has 0 spiro atoms. The maximum absolute atomic E-state index is 11.6. The second kappa shape index (κ2) is 4.12. The highest BCUT2D eigenvalue weighted by Gasteiger charge is 2.03. The van der Waals surface area contributed by atoms with Crippen LogP contribution < -0.4 is 5.69 Å². The Morgan fingerprint density at radius 2 is 2.15 bits per heavy atom. The Kier molecular flexibility index (Phi) is 3.12. The van der Waals surface area contributed by atoms with Crippen LogP contribution >= 0.6 is 0 Å². The quantitative estimate of drug-likeness (QED) is 0.652. The Bertz CT molecular complexity index is 344. The summed E-state index contributed by atoms with van der Waals surface area (Å²) >= 11 is 0. The predicted molar refractivity (Wildman–Crippen MR) is 53.9 cm³/mol. The molecule has 1 aromatic heterocycles. The van der Waals surface area contributed by atoms with E-state index < -0.39 is 0 Å². The normalized spacial score (nSPS) is 11.7. The van der Waals surface area contributed by atoms with Crippen LogP contribution in [0.3, 0.4) is 0 Å². The zero-order valence-corrected chi connectivity index (χ0v) is 8.40. The minimum absolute atomic E-state index is 0.0631. The van der Waals surface area contributed by atoms with Gasteiger partial charge in [0.05, 0.1) is 0 Å². The SMILES string of the molecule is C/C=C/Cn1ccn(C(C)C)c1=O. The zero-order valence-electron chi connectivity index (χ0n) is 8.40. The molecule has 0 saturated heterocycles. The summed E-state index contributed by atoms with van der Waals surface area (Å²) in [6, 6.07) is 0.236. The van der Waals surface area contributed by atoms with E-state index in [1.165, 1.54) is 0 Å². The van der Waals surface area contributed by atoms with E-state index in [-0.39, 0.29) is 11.7 Å². The van der Waals surface area contributed by atoms with Crippen LogP contribution in [0, 0.1) is 0 Å². The van der Waals surface area contributed by atoms with Crippen LogP contribution in [0.25, 0.3) is 0 Å². The van der Waals surface area contributed by atoms with Gasteiger partial charge in [-0.05, 0) is 20.8 Å². The third kappa shape index (κ3) is 2.11. The summed E-state index contributed by atoms with van der Waals surface area (Å²) < 4.78 is 3.42. The average Bonchev–Trinajstić information content (AvgIpc) is 2.43. The van der Waals surface area contributed by atoms with Crippen LogP contribution in [0.4, 0.5) is 0 Å². The van der Waals surface area contributed by atoms with Gasteiger partial charge >= 0.3 is 5.69 Å². The smallest absolute Gasteiger partial charge is 0.297 e. The molecule has 3 heteroatoms. The largest absolute Gasteiger partial charge is 0.328 e. The second-order valence-corrected chi connectivity index (χ2v) is 3.30. The Morgan fingerprint density at radius 1 is 1.46 bits per heavy atom. The summed E-state index contributed by atoms with van der Waals surface area (Å²) in [5.41, 5.74) is 0.0631. The first-order valence-electron chi connectivity index (χ1n) is 4.55. The lowest BCUT2D eigenvalue weighted by molar-refractivity contribution is 0.562. The van der Waals surface area contributed by atoms with Gasteiger partial charge in [0.1, 0.15) is 0 Å². The van der Waals surface area contributed by atoms with Gasteiger partial charge in [0.2, 0.25) is 0 Å². The average molecular weight is 180 g/mol. The Morgan fingerprint density at radius 3 is 2.62 bits per heavy atom. The van der Waals surface area contributed by atoms with Crippen LogP contribution in [0.5, 0.6) is 0 Å². The highest BCUT2D eigenvalue weighted by Crippen LogP contribution is 1.98. The predicted octanol–water partition coefficient (Wildman–Crippen LogP) is 1.81. The van der Waals surface area contributed by atoms with Crippen molar-refractivity contribution in [3.63, 3.8) is 0 Å². The lowest BCUT2D eigenvalue weighted by atomic mass is 10.4. The van der Waals surface area contributed by atoms with E-state index in [0.29, 0.717) is 6.54 Å². The van der Waals surface area contributed by atoms with Gasteiger partial charge in [0.15, 0.2) is 0 Å². The number of nitrogens with zero attached hydrogens (tertiary/aromatic N) is 2. The molecular weight excluding hydrogens is 164 g/mol. The van der Waals surface area contributed by atoms with Crippen LogP contribution in [-0.2, 0) is 6.54 Å². The van der Waals surface area contributed by atoms with Crippen LogP contribution in [0.15, 0.2) is 29.3 Å². The molecule has 0 aliphatic rings. The molecule has 0 N–H and O–H groups in total. The van der Waals surface area contributed by atoms with Gasteiger partial charge in [-0.1, -0.05) is 12.2 Å². The fourth-order valence-electron chi connectivity index (χ4n) is 1.18. The molecule has 0 fully saturated rings. The van der Waals surface area contributed by atoms with E-state index in [4.69, 9.17) is 0 Å². The maximum Gasteiger partial charge on any atom is 0.328 e. The second-order valence-electron chi connectivity index (χ2n) is 3.30. The molecule has 0 aromatic carbocycles. The van der Waals surface area contributed by atoms with Crippen molar-refractivity contribution in [1.29, 1.82) is 0 Å². The van der Waals surface area contributed by atoms with E-state index in [2.05, 4.69) is 0 Å². The number of hydrogen-bond donors (Lipinski definition) is 0. The molecule has 0 bridgehead atoms. The first kappa shape index (κ1) is 9.84. The van der Waals surface area contributed by atoms with E-state index >= 15 is 0 Å². The minimum Gasteiger partial charge on any atom is -0.297 e. The van der Waals surface area contributed by atoms with Crippen molar-refractivity contribution in [3.05, 3.63) is 35.0 Å². The zero-order chi connectivity index (χ0) is 9.84. The third-order valence-electron chi connectivity index (χ3n) is 1.97. The molecule has 0 aliphatic heterocycles. The number of imidazole rings is 1. The van der Waals surface area contributed by atoms with Gasteiger partial charge in [-0.15, -0.1) is 0 Å². The van der Waals surface area contributed by atoms with Gasteiger partial charge in [0, 0.05) is 25.0 Å². The van der Waals surface area contributed by atoms with Crippen molar-refractivity contribution in [3.8, 4) is 0 Å². The molecule has 3 nitrogen and oxygen atoms in total. The number of hydrogen-bond acceptors (Lipinski definition) is 1. The number of aromatic nitrogens is 2. The summed E-state index contributed by atoms with van der Waals surface area (Å²) in [5, 5.41) is 0. The molecule has 0 atom stereocenters. The summed E-state index contributed by atoms with van der Waals surface area (Å²) in [5.74, 6) is 0. The van der Waals surface area contributed by atoms with Crippen molar-refractivity contribution in [2.75, 3.05) is 0 Å². The standard InChI is InChI=1S/C10H16N2O/c1-4-5-6-11-7-8-12(9(2)3)10(11)13/h4-5,7-9H,6H2,1-3H3/b5-4+. The van der Waals surface area contributed by atoms with Crippen LogP contribution in [-0.4, -0.2) is 9.13 Å². The van der Waals surface area contributed by atoms with E-state index in [9.17, 15) is 4.79 Å². The van der Waals surface area contributed by atoms with Crippen LogP contribution in [0.1, 0.15) is 26.8 Å². The topological polar surface area (TPSA) is 26.9 Å². The molecule has 0 aliphatic carbocycles. The fourth-order valence-corrected chi connectivity index (χ4v) is 1.18. The van der Waals surface area contributed by atoms with E-state index in [1.807, 2.05) is 45.3 Å². The number of rotatable bonds is 3. The molecule has 1 rings (SSSR count). The molecule has 0 amide bonds. The fraction of sp³-hybridized carbons (Fsp3) is 0.500. The molecule has 72 valence electrons. The van der Waals surface area contributed by atoms with Gasteiger partial charge in [-0.2, -0.15) is 0 Å². The Labute approximate surface area is 78.3 Å². The van der Waals surface area contributed by atoms with E-state index in [1.54, 1.807) is 9.13 Å². The van der Waals surface area contributed by atoms with Crippen molar-refractivity contribution >= 4 is 0 Å². The Balaban J connectivity index is 2.93. The highest BCUT2D eigenvalue weighted by atomic mass is 16.1. The van der Waals surface area contributed by atoms with Crippen molar-refractivity contribution in [2.24, 2.45) is 0 Å². The highest BCUT2D eigenvalue weighted by molar-refractivity contribution is 4.87. The van der Waals surface area contributed by atoms with Crippen LogP contribution in [0.2, 0.25) is 0 Å². The maximum atomic E-state index is 11.6. The van der Waals surface area contributed by atoms with Crippen molar-refractivity contribution in [1.82, 2.24) is 9.13 Å². The molecule has 0 radical (unpaired) electrons. The Hall–Kier alpha value is -1.25. The lowest BCUT2D eigenvalue weighted by Crippen LogP contribution is -2.24. The van der Waals surface area contributed by atoms with Gasteiger partial charge in [-0.25, -0.2) is 4.79 Å². The van der Waals surface area contributed by atoms with E-state index in [0.717, 1.165) is 0 Å². The molecule has 1 heterocycles. The molecule has 0 unspecified atom stereocenters. The first-order valence-corrected chi connectivity index (χ1v) is 4.55. The molecule has 13 heavy (non-hydrogen) atoms. The lowest BCUT2D eigenvalue weighted by Gasteiger charge is -2.03. The van der Waals surface area contributed by atoms with Gasteiger partial charge in [-0.3, -0.25) is 9.13 Å². The van der Waals surface area contributed by atoms with Gasteiger partial charge in [0.25, 0.3) is 0 Å². The summed E-state index contributed by atoms with van der Waals surface area (Å²) in [6.07, 6.45) is 7.56.